The number of carbonyl (C=O) groups is 1. The molecule has 0 radical (unpaired) electrons. The molecule has 3 nitrogen and oxygen atoms in total. The van der Waals surface area contributed by atoms with Gasteiger partial charge in [0.1, 0.15) is 5.75 Å². The number of piperidine rings is 3. The maximum atomic E-state index is 13.1. The second-order valence-electron chi connectivity index (χ2n) is 7.97. The van der Waals surface area contributed by atoms with E-state index in [0.29, 0.717) is 27.9 Å². The van der Waals surface area contributed by atoms with Gasteiger partial charge in [0.15, 0.2) is 0 Å². The Bertz CT molecular complexity index is 943. The summed E-state index contributed by atoms with van der Waals surface area (Å²) < 4.78 is 5.76. The number of rotatable bonds is 3. The van der Waals surface area contributed by atoms with E-state index in [9.17, 15) is 4.79 Å². The van der Waals surface area contributed by atoms with Crippen molar-refractivity contribution in [1.29, 1.82) is 0 Å². The van der Waals surface area contributed by atoms with Crippen LogP contribution in [0.4, 0.5) is 0 Å². The maximum absolute atomic E-state index is 13.1. The lowest BCUT2D eigenvalue weighted by atomic mass is 9.71. The van der Waals surface area contributed by atoms with Crippen LogP contribution in [-0.4, -0.2) is 29.5 Å². The first-order chi connectivity index (χ1) is 13.6. The minimum absolute atomic E-state index is 0.105. The molecule has 6 rings (SSSR count). The summed E-state index contributed by atoms with van der Waals surface area (Å²) >= 11 is 12.2. The van der Waals surface area contributed by atoms with Gasteiger partial charge in [0.05, 0.1) is 16.0 Å². The third-order valence-corrected chi connectivity index (χ3v) is 7.17. The van der Waals surface area contributed by atoms with Crippen LogP contribution >= 0.6 is 23.2 Å². The third-order valence-electron chi connectivity index (χ3n) is 6.44. The predicted molar refractivity (Wildman–Crippen MR) is 112 cm³/mol. The molecule has 0 aliphatic carbocycles. The number of hydrogen-bond acceptors (Lipinski definition) is 3. The minimum Gasteiger partial charge on any atom is -0.426 e. The molecule has 4 aliphatic rings. The van der Waals surface area contributed by atoms with Crippen LogP contribution in [0.5, 0.6) is 5.75 Å². The van der Waals surface area contributed by atoms with Crippen molar-refractivity contribution >= 4 is 35.2 Å². The molecule has 4 heterocycles. The van der Waals surface area contributed by atoms with Crippen LogP contribution in [0.2, 0.25) is 10.0 Å². The van der Waals surface area contributed by atoms with Crippen molar-refractivity contribution in [3.63, 3.8) is 0 Å². The van der Waals surface area contributed by atoms with E-state index < -0.39 is 0 Å². The highest BCUT2D eigenvalue weighted by Gasteiger charge is 2.55. The zero-order chi connectivity index (χ0) is 19.3. The summed E-state index contributed by atoms with van der Waals surface area (Å²) in [6.45, 7) is 0.926. The quantitative estimate of drug-likeness (QED) is 0.493. The van der Waals surface area contributed by atoms with Crippen molar-refractivity contribution in [3.8, 4) is 5.75 Å². The Labute approximate surface area is 174 Å². The van der Waals surface area contributed by atoms with Gasteiger partial charge in [-0.25, -0.2) is 0 Å². The van der Waals surface area contributed by atoms with E-state index in [4.69, 9.17) is 27.9 Å². The molecule has 4 aliphatic heterocycles. The lowest BCUT2D eigenvalue weighted by molar-refractivity contribution is -0.146. The van der Waals surface area contributed by atoms with Gasteiger partial charge in [-0.2, -0.15) is 0 Å². The normalized spacial score (nSPS) is 31.9. The van der Waals surface area contributed by atoms with Crippen LogP contribution in [0, 0.1) is 11.8 Å². The number of benzene rings is 2. The molecular weight excluding hydrogens is 393 g/mol. The van der Waals surface area contributed by atoms with E-state index >= 15 is 0 Å². The number of esters is 1. The topological polar surface area (TPSA) is 29.5 Å². The first-order valence-electron chi connectivity index (χ1n) is 9.78. The van der Waals surface area contributed by atoms with Gasteiger partial charge >= 0.3 is 5.97 Å². The maximum Gasteiger partial charge on any atom is 0.316 e. The summed E-state index contributed by atoms with van der Waals surface area (Å²) in [6.07, 6.45) is 5.46. The standard InChI is InChI=1S/C23H21Cl2NO2/c24-19-8-6-14(11-20(19)25)10-15-13-26-16-7-9-21(26)22(18(15)12-16)23(27)28-17-4-2-1-3-5-17/h1-6,8,10-11,16,18,21-22H,7,9,12-13H2/b15-10+. The largest absolute Gasteiger partial charge is 0.426 e. The van der Waals surface area contributed by atoms with Gasteiger partial charge in [-0.15, -0.1) is 0 Å². The Morgan fingerprint density at radius 1 is 1.07 bits per heavy atom. The molecule has 4 saturated heterocycles. The van der Waals surface area contributed by atoms with Gasteiger partial charge in [-0.05, 0) is 55.0 Å². The van der Waals surface area contributed by atoms with Crippen molar-refractivity contribution in [1.82, 2.24) is 4.90 Å². The van der Waals surface area contributed by atoms with E-state index in [1.54, 1.807) is 0 Å². The van der Waals surface area contributed by atoms with Gasteiger partial charge in [0.25, 0.3) is 0 Å². The molecule has 4 fully saturated rings. The Kier molecular flexibility index (Phi) is 4.70. The number of para-hydroxylation sites is 1. The molecule has 2 aromatic rings. The second kappa shape index (κ2) is 7.22. The molecule has 144 valence electrons. The van der Waals surface area contributed by atoms with Crippen LogP contribution in [0.25, 0.3) is 6.08 Å². The predicted octanol–water partition coefficient (Wildman–Crippen LogP) is 5.47. The molecular formula is C23H21Cl2NO2. The van der Waals surface area contributed by atoms with Gasteiger partial charge in [0, 0.05) is 18.6 Å². The average Bonchev–Trinajstić information content (AvgIpc) is 3.00. The van der Waals surface area contributed by atoms with E-state index in [1.165, 1.54) is 12.0 Å². The Morgan fingerprint density at radius 2 is 1.89 bits per heavy atom. The van der Waals surface area contributed by atoms with Crippen LogP contribution in [0.3, 0.4) is 0 Å². The first kappa shape index (κ1) is 18.2. The van der Waals surface area contributed by atoms with E-state index in [2.05, 4.69) is 11.0 Å². The van der Waals surface area contributed by atoms with E-state index in [1.807, 2.05) is 48.5 Å². The van der Waals surface area contributed by atoms with Gasteiger partial charge < -0.3 is 4.74 Å². The Balaban J connectivity index is 1.45. The smallest absolute Gasteiger partial charge is 0.316 e. The summed E-state index contributed by atoms with van der Waals surface area (Å²) in [7, 11) is 0. The van der Waals surface area contributed by atoms with E-state index in [-0.39, 0.29) is 17.8 Å². The number of carbonyl (C=O) groups excluding carboxylic acids is 1. The summed E-state index contributed by atoms with van der Waals surface area (Å²) in [5, 5.41) is 1.11. The molecule has 0 saturated carbocycles. The third kappa shape index (κ3) is 3.16. The fraction of sp³-hybridized carbons (Fsp3) is 0.348. The molecule has 28 heavy (non-hydrogen) atoms. The van der Waals surface area contributed by atoms with E-state index in [0.717, 1.165) is 24.9 Å². The lowest BCUT2D eigenvalue weighted by Crippen LogP contribution is -2.58. The molecule has 2 aromatic carbocycles. The summed E-state index contributed by atoms with van der Waals surface area (Å²) in [6, 6.07) is 16.0. The van der Waals surface area contributed by atoms with Crippen molar-refractivity contribution in [2.75, 3.05) is 6.54 Å². The van der Waals surface area contributed by atoms with Crippen LogP contribution in [-0.2, 0) is 4.79 Å². The van der Waals surface area contributed by atoms with Crippen LogP contribution < -0.4 is 4.74 Å². The highest BCUT2D eigenvalue weighted by atomic mass is 35.5. The van der Waals surface area contributed by atoms with Crippen molar-refractivity contribution < 1.29 is 9.53 Å². The number of halogens is 2. The molecule has 4 bridgehead atoms. The molecule has 0 spiro atoms. The number of ether oxygens (including phenoxy) is 1. The molecule has 0 amide bonds. The van der Waals surface area contributed by atoms with Gasteiger partial charge in [0.2, 0.25) is 0 Å². The summed E-state index contributed by atoms with van der Waals surface area (Å²) in [5.41, 5.74) is 2.32. The minimum atomic E-state index is -0.110. The highest BCUT2D eigenvalue weighted by molar-refractivity contribution is 6.42. The molecule has 5 atom stereocenters. The first-order valence-corrected chi connectivity index (χ1v) is 10.5. The Morgan fingerprint density at radius 3 is 2.68 bits per heavy atom. The Hall–Kier alpha value is -1.81. The molecule has 5 unspecified atom stereocenters. The zero-order valence-electron chi connectivity index (χ0n) is 15.4. The fourth-order valence-corrected chi connectivity index (χ4v) is 5.54. The fourth-order valence-electron chi connectivity index (χ4n) is 5.23. The summed E-state index contributed by atoms with van der Waals surface area (Å²) in [5.74, 6) is 0.634. The molecule has 5 heteroatoms. The number of hydrogen-bond donors (Lipinski definition) is 0. The van der Waals surface area contributed by atoms with Crippen molar-refractivity contribution in [2.24, 2.45) is 11.8 Å². The zero-order valence-corrected chi connectivity index (χ0v) is 16.9. The monoisotopic (exact) mass is 413 g/mol. The second-order valence-corrected chi connectivity index (χ2v) is 8.78. The van der Waals surface area contributed by atoms with Crippen molar-refractivity contribution in [2.45, 2.75) is 31.3 Å². The molecule has 0 aromatic heterocycles. The van der Waals surface area contributed by atoms with Crippen LogP contribution in [0.1, 0.15) is 24.8 Å². The number of fused-ring (bicyclic) bond motifs is 1. The van der Waals surface area contributed by atoms with Crippen molar-refractivity contribution in [3.05, 3.63) is 69.7 Å². The SMILES string of the molecule is O=C(Oc1ccccc1)C1C2CC3CCC1N3C/C2=C\c1ccc(Cl)c(Cl)c1. The summed E-state index contributed by atoms with van der Waals surface area (Å²) in [4.78, 5) is 15.6. The molecule has 0 N–H and O–H groups in total. The van der Waals surface area contributed by atoms with Crippen LogP contribution in [0.15, 0.2) is 54.1 Å². The highest BCUT2D eigenvalue weighted by Crippen LogP contribution is 2.51. The number of nitrogens with zero attached hydrogens (tertiary/aromatic N) is 1. The van der Waals surface area contributed by atoms with Gasteiger partial charge in [-0.3, -0.25) is 9.69 Å². The average molecular weight is 414 g/mol. The van der Waals surface area contributed by atoms with Gasteiger partial charge in [-0.1, -0.05) is 59.1 Å². The lowest BCUT2D eigenvalue weighted by Gasteiger charge is -2.50.